The van der Waals surface area contributed by atoms with E-state index < -0.39 is 37.4 Å². The SMILES string of the molecule is OC[C@H]1OC(F)(CO)[C@@H](O)[C@@H]1O. The van der Waals surface area contributed by atoms with E-state index in [1.807, 2.05) is 0 Å². The van der Waals surface area contributed by atoms with Crippen LogP contribution in [0, 0.1) is 0 Å². The standard InChI is InChI=1S/C6H11FO5/c7-6(2-9)5(11)4(10)3(1-8)12-6/h3-5,8-11H,1-2H2/t3-,4-,5+,6?/m1/s1. The van der Waals surface area contributed by atoms with Crippen molar-refractivity contribution in [1.29, 1.82) is 0 Å². The molecule has 0 spiro atoms. The van der Waals surface area contributed by atoms with Crippen LogP contribution < -0.4 is 0 Å². The van der Waals surface area contributed by atoms with Crippen LogP contribution in [0.4, 0.5) is 4.39 Å². The van der Waals surface area contributed by atoms with E-state index in [4.69, 9.17) is 20.4 Å². The molecule has 6 heteroatoms. The van der Waals surface area contributed by atoms with Crippen molar-refractivity contribution >= 4 is 0 Å². The van der Waals surface area contributed by atoms with Crippen LogP contribution in [-0.2, 0) is 4.74 Å². The van der Waals surface area contributed by atoms with Gasteiger partial charge in [-0.05, 0) is 0 Å². The smallest absolute Gasteiger partial charge is 0.261 e. The van der Waals surface area contributed by atoms with Crippen molar-refractivity contribution in [1.82, 2.24) is 0 Å². The zero-order valence-electron chi connectivity index (χ0n) is 6.22. The van der Waals surface area contributed by atoms with E-state index in [0.29, 0.717) is 0 Å². The molecule has 4 N–H and O–H groups in total. The number of halogens is 1. The minimum Gasteiger partial charge on any atom is -0.394 e. The summed E-state index contributed by atoms with van der Waals surface area (Å²) in [7, 11) is 0. The van der Waals surface area contributed by atoms with Gasteiger partial charge in [-0.2, -0.15) is 0 Å². The van der Waals surface area contributed by atoms with E-state index in [9.17, 15) is 4.39 Å². The lowest BCUT2D eigenvalue weighted by Crippen LogP contribution is -2.42. The molecule has 1 aliphatic rings. The molecule has 0 radical (unpaired) electrons. The number of ether oxygens (including phenoxy) is 1. The van der Waals surface area contributed by atoms with Crippen LogP contribution in [0.2, 0.25) is 0 Å². The Morgan fingerprint density at radius 1 is 1.33 bits per heavy atom. The van der Waals surface area contributed by atoms with Crippen LogP contribution in [0.15, 0.2) is 0 Å². The molecule has 0 aromatic heterocycles. The fourth-order valence-corrected chi connectivity index (χ4v) is 1.13. The lowest BCUT2D eigenvalue weighted by molar-refractivity contribution is -0.199. The predicted molar refractivity (Wildman–Crippen MR) is 34.9 cm³/mol. The third-order valence-corrected chi connectivity index (χ3v) is 1.89. The van der Waals surface area contributed by atoms with Crippen LogP contribution in [0.5, 0.6) is 0 Å². The number of aliphatic hydroxyl groups excluding tert-OH is 4. The average molecular weight is 182 g/mol. The van der Waals surface area contributed by atoms with Crippen molar-refractivity contribution < 1.29 is 29.6 Å². The maximum Gasteiger partial charge on any atom is 0.261 e. The van der Waals surface area contributed by atoms with E-state index in [-0.39, 0.29) is 0 Å². The van der Waals surface area contributed by atoms with Gasteiger partial charge in [0.25, 0.3) is 5.85 Å². The molecule has 1 unspecified atom stereocenters. The first-order valence-electron chi connectivity index (χ1n) is 3.49. The quantitative estimate of drug-likeness (QED) is 0.387. The number of rotatable bonds is 2. The van der Waals surface area contributed by atoms with Crippen molar-refractivity contribution in [3.05, 3.63) is 0 Å². The molecule has 1 rings (SSSR count). The fraction of sp³-hybridized carbons (Fsp3) is 1.00. The average Bonchev–Trinajstić information content (AvgIpc) is 2.31. The molecule has 5 nitrogen and oxygen atoms in total. The summed E-state index contributed by atoms with van der Waals surface area (Å²) in [5.41, 5.74) is 0. The summed E-state index contributed by atoms with van der Waals surface area (Å²) in [5.74, 6) is -2.66. The van der Waals surface area contributed by atoms with Crippen molar-refractivity contribution in [3.8, 4) is 0 Å². The van der Waals surface area contributed by atoms with Gasteiger partial charge in [-0.15, -0.1) is 0 Å². The van der Waals surface area contributed by atoms with Crippen LogP contribution in [-0.4, -0.2) is 57.8 Å². The summed E-state index contributed by atoms with van der Waals surface area (Å²) in [4.78, 5) is 0. The molecule has 0 saturated carbocycles. The summed E-state index contributed by atoms with van der Waals surface area (Å²) >= 11 is 0. The number of hydrogen-bond donors (Lipinski definition) is 4. The lowest BCUT2D eigenvalue weighted by Gasteiger charge is -2.19. The van der Waals surface area contributed by atoms with Gasteiger partial charge < -0.3 is 25.2 Å². The minimum absolute atomic E-state index is 0.607. The highest BCUT2D eigenvalue weighted by molar-refractivity contribution is 4.95. The highest BCUT2D eigenvalue weighted by atomic mass is 19.2. The van der Waals surface area contributed by atoms with Crippen molar-refractivity contribution in [2.75, 3.05) is 13.2 Å². The summed E-state index contributed by atoms with van der Waals surface area (Å²) in [5, 5.41) is 35.0. The van der Waals surface area contributed by atoms with E-state index in [1.54, 1.807) is 0 Å². The number of aliphatic hydroxyl groups is 4. The van der Waals surface area contributed by atoms with Gasteiger partial charge >= 0.3 is 0 Å². The Morgan fingerprint density at radius 3 is 2.17 bits per heavy atom. The van der Waals surface area contributed by atoms with Crippen molar-refractivity contribution in [2.24, 2.45) is 0 Å². The molecule has 0 amide bonds. The maximum absolute atomic E-state index is 13.1. The first-order chi connectivity index (χ1) is 5.55. The number of hydrogen-bond acceptors (Lipinski definition) is 5. The van der Waals surface area contributed by atoms with Gasteiger partial charge in [0, 0.05) is 0 Å². The van der Waals surface area contributed by atoms with E-state index in [1.165, 1.54) is 0 Å². The predicted octanol–water partition coefficient (Wildman–Crippen LogP) is -2.24. The third kappa shape index (κ3) is 1.32. The third-order valence-electron chi connectivity index (χ3n) is 1.89. The summed E-state index contributed by atoms with van der Waals surface area (Å²) in [6.45, 7) is -1.66. The molecule has 0 aromatic rings. The molecule has 1 saturated heterocycles. The Morgan fingerprint density at radius 2 is 1.92 bits per heavy atom. The second-order valence-electron chi connectivity index (χ2n) is 2.72. The number of alkyl halides is 1. The van der Waals surface area contributed by atoms with E-state index >= 15 is 0 Å². The monoisotopic (exact) mass is 182 g/mol. The van der Waals surface area contributed by atoms with Crippen LogP contribution in [0.1, 0.15) is 0 Å². The van der Waals surface area contributed by atoms with Gasteiger partial charge in [0.05, 0.1) is 6.61 Å². The van der Waals surface area contributed by atoms with E-state index in [0.717, 1.165) is 0 Å². The molecule has 1 aliphatic heterocycles. The zero-order chi connectivity index (χ0) is 9.35. The Bertz CT molecular complexity index is 166. The second-order valence-corrected chi connectivity index (χ2v) is 2.72. The molecule has 1 heterocycles. The second kappa shape index (κ2) is 3.23. The first kappa shape index (κ1) is 9.82. The molecule has 72 valence electrons. The highest BCUT2D eigenvalue weighted by Crippen LogP contribution is 2.31. The molecule has 0 aromatic carbocycles. The van der Waals surface area contributed by atoms with Crippen LogP contribution in [0.3, 0.4) is 0 Å². The minimum atomic E-state index is -2.66. The Kier molecular flexibility index (Phi) is 2.64. The van der Waals surface area contributed by atoms with Gasteiger partial charge in [-0.3, -0.25) is 0 Å². The van der Waals surface area contributed by atoms with Crippen molar-refractivity contribution in [2.45, 2.75) is 24.2 Å². The molecule has 0 aliphatic carbocycles. The molecule has 1 fully saturated rings. The Labute approximate surface area is 68.0 Å². The zero-order valence-corrected chi connectivity index (χ0v) is 6.22. The summed E-state index contributed by atoms with van der Waals surface area (Å²) < 4.78 is 17.5. The largest absolute Gasteiger partial charge is 0.394 e. The van der Waals surface area contributed by atoms with Gasteiger partial charge in [-0.25, -0.2) is 4.39 Å². The molecular weight excluding hydrogens is 171 g/mol. The van der Waals surface area contributed by atoms with Gasteiger partial charge in [0.2, 0.25) is 0 Å². The van der Waals surface area contributed by atoms with Crippen molar-refractivity contribution in [3.63, 3.8) is 0 Å². The van der Waals surface area contributed by atoms with Gasteiger partial charge in [0.15, 0.2) is 0 Å². The fourth-order valence-electron chi connectivity index (χ4n) is 1.13. The van der Waals surface area contributed by atoms with Crippen LogP contribution in [0.25, 0.3) is 0 Å². The molecule has 4 atom stereocenters. The van der Waals surface area contributed by atoms with Crippen LogP contribution >= 0.6 is 0 Å². The Hall–Kier alpha value is -0.270. The normalized spacial score (nSPS) is 48.2. The first-order valence-corrected chi connectivity index (χ1v) is 3.49. The molecule has 0 bridgehead atoms. The lowest BCUT2D eigenvalue weighted by atomic mass is 10.1. The van der Waals surface area contributed by atoms with E-state index in [2.05, 4.69) is 4.74 Å². The molecule has 12 heavy (non-hydrogen) atoms. The maximum atomic E-state index is 13.1. The van der Waals surface area contributed by atoms with Gasteiger partial charge in [0.1, 0.15) is 24.9 Å². The highest BCUT2D eigenvalue weighted by Gasteiger charge is 2.54. The van der Waals surface area contributed by atoms with Gasteiger partial charge in [-0.1, -0.05) is 0 Å². The summed E-state index contributed by atoms with van der Waals surface area (Å²) in [6.07, 6.45) is -4.51. The Balaban J connectivity index is 2.72. The topological polar surface area (TPSA) is 90.2 Å². The molecular formula is C6H11FO5. The summed E-state index contributed by atoms with van der Waals surface area (Å²) in [6, 6.07) is 0.